The molecule has 32 heavy (non-hydrogen) atoms. The SMILES string of the molecule is Cc1cc(C2=NCc3cc4c(cc32)CN(CCNCc2cccc(Cl)c2)C(=O)C4)ccn1. The Morgan fingerprint density at radius 3 is 2.84 bits per heavy atom. The van der Waals surface area contributed by atoms with E-state index in [0.29, 0.717) is 26.1 Å². The van der Waals surface area contributed by atoms with Crippen molar-refractivity contribution in [3.05, 3.63) is 98.8 Å². The van der Waals surface area contributed by atoms with Crippen molar-refractivity contribution in [2.45, 2.75) is 33.0 Å². The maximum Gasteiger partial charge on any atom is 0.227 e. The predicted octanol–water partition coefficient (Wildman–Crippen LogP) is 4.07. The second-order valence-corrected chi connectivity index (χ2v) is 8.86. The van der Waals surface area contributed by atoms with Gasteiger partial charge < -0.3 is 10.2 Å². The Hall–Kier alpha value is -3.02. The van der Waals surface area contributed by atoms with Crippen LogP contribution in [0.1, 0.15) is 39.1 Å². The first-order valence-corrected chi connectivity index (χ1v) is 11.3. The average molecular weight is 445 g/mol. The van der Waals surface area contributed by atoms with Gasteiger partial charge in [-0.3, -0.25) is 14.8 Å². The van der Waals surface area contributed by atoms with Gasteiger partial charge in [-0.05, 0) is 59.5 Å². The molecule has 2 aromatic carbocycles. The van der Waals surface area contributed by atoms with Gasteiger partial charge in [-0.15, -0.1) is 0 Å². The maximum absolute atomic E-state index is 12.7. The lowest BCUT2D eigenvalue weighted by Gasteiger charge is -2.29. The Bertz CT molecular complexity index is 1220. The lowest BCUT2D eigenvalue weighted by Crippen LogP contribution is -2.40. The van der Waals surface area contributed by atoms with E-state index in [1.165, 1.54) is 16.7 Å². The van der Waals surface area contributed by atoms with E-state index in [9.17, 15) is 4.79 Å². The highest BCUT2D eigenvalue weighted by molar-refractivity contribution is 6.30. The number of aromatic nitrogens is 1. The molecule has 5 nitrogen and oxygen atoms in total. The molecule has 0 saturated heterocycles. The van der Waals surface area contributed by atoms with Gasteiger partial charge in [0.25, 0.3) is 0 Å². The fourth-order valence-electron chi connectivity index (χ4n) is 4.46. The Labute approximate surface area is 193 Å². The molecule has 0 aliphatic carbocycles. The molecule has 0 atom stereocenters. The lowest BCUT2D eigenvalue weighted by molar-refractivity contribution is -0.131. The van der Waals surface area contributed by atoms with Gasteiger partial charge in [0.1, 0.15) is 0 Å². The summed E-state index contributed by atoms with van der Waals surface area (Å²) >= 11 is 6.05. The smallest absolute Gasteiger partial charge is 0.227 e. The van der Waals surface area contributed by atoms with Crippen molar-refractivity contribution in [1.82, 2.24) is 15.2 Å². The van der Waals surface area contributed by atoms with Crippen molar-refractivity contribution in [2.24, 2.45) is 4.99 Å². The third-order valence-electron chi connectivity index (χ3n) is 6.09. The summed E-state index contributed by atoms with van der Waals surface area (Å²) in [4.78, 5) is 23.8. The number of halogens is 1. The number of benzene rings is 2. The predicted molar refractivity (Wildman–Crippen MR) is 127 cm³/mol. The van der Waals surface area contributed by atoms with E-state index in [1.54, 1.807) is 0 Å². The molecule has 1 N–H and O–H groups in total. The van der Waals surface area contributed by atoms with Crippen LogP contribution in [0.25, 0.3) is 0 Å². The highest BCUT2D eigenvalue weighted by Gasteiger charge is 2.26. The van der Waals surface area contributed by atoms with Crippen LogP contribution < -0.4 is 5.32 Å². The van der Waals surface area contributed by atoms with Gasteiger partial charge in [0.2, 0.25) is 5.91 Å². The first-order chi connectivity index (χ1) is 15.6. The monoisotopic (exact) mass is 444 g/mol. The molecule has 3 aromatic rings. The summed E-state index contributed by atoms with van der Waals surface area (Å²) < 4.78 is 0. The van der Waals surface area contributed by atoms with Crippen LogP contribution in [-0.4, -0.2) is 34.6 Å². The van der Waals surface area contributed by atoms with Gasteiger partial charge in [0.15, 0.2) is 0 Å². The van der Waals surface area contributed by atoms with Crippen LogP contribution in [0.2, 0.25) is 5.02 Å². The minimum Gasteiger partial charge on any atom is -0.337 e. The third-order valence-corrected chi connectivity index (χ3v) is 6.33. The van der Waals surface area contributed by atoms with Crippen molar-refractivity contribution in [2.75, 3.05) is 13.1 Å². The largest absolute Gasteiger partial charge is 0.337 e. The van der Waals surface area contributed by atoms with E-state index in [1.807, 2.05) is 48.4 Å². The molecule has 0 spiro atoms. The van der Waals surface area contributed by atoms with E-state index in [2.05, 4.69) is 28.5 Å². The van der Waals surface area contributed by atoms with Crippen molar-refractivity contribution in [1.29, 1.82) is 0 Å². The van der Waals surface area contributed by atoms with Crippen molar-refractivity contribution in [3.63, 3.8) is 0 Å². The molecule has 5 rings (SSSR count). The van der Waals surface area contributed by atoms with E-state index < -0.39 is 0 Å². The van der Waals surface area contributed by atoms with Crippen LogP contribution in [0.5, 0.6) is 0 Å². The zero-order valence-electron chi connectivity index (χ0n) is 18.1. The van der Waals surface area contributed by atoms with Gasteiger partial charge in [0, 0.05) is 54.2 Å². The number of fused-ring (bicyclic) bond motifs is 2. The molecule has 1 amide bonds. The Balaban J connectivity index is 1.27. The second-order valence-electron chi connectivity index (χ2n) is 8.43. The quantitative estimate of drug-likeness (QED) is 0.583. The highest BCUT2D eigenvalue weighted by atomic mass is 35.5. The number of nitrogens with zero attached hydrogens (tertiary/aromatic N) is 3. The third kappa shape index (κ3) is 4.31. The fraction of sp³-hybridized carbons (Fsp3) is 0.269. The number of rotatable bonds is 6. The molecule has 6 heteroatoms. The molecule has 0 unspecified atom stereocenters. The molecule has 2 aliphatic heterocycles. The van der Waals surface area contributed by atoms with Gasteiger partial charge in [-0.1, -0.05) is 29.8 Å². The second kappa shape index (κ2) is 8.85. The van der Waals surface area contributed by atoms with E-state index in [-0.39, 0.29) is 5.91 Å². The molecule has 1 aromatic heterocycles. The van der Waals surface area contributed by atoms with E-state index >= 15 is 0 Å². The number of nitrogens with one attached hydrogen (secondary N) is 1. The zero-order valence-corrected chi connectivity index (χ0v) is 18.8. The highest BCUT2D eigenvalue weighted by Crippen LogP contribution is 2.30. The average Bonchev–Trinajstić information content (AvgIpc) is 3.18. The maximum atomic E-state index is 12.7. The van der Waals surface area contributed by atoms with E-state index in [4.69, 9.17) is 16.6 Å². The Morgan fingerprint density at radius 2 is 2.00 bits per heavy atom. The normalized spacial score (nSPS) is 14.9. The number of hydrogen-bond acceptors (Lipinski definition) is 4. The summed E-state index contributed by atoms with van der Waals surface area (Å²) in [6.45, 7) is 5.46. The van der Waals surface area contributed by atoms with Crippen LogP contribution in [-0.2, 0) is 30.8 Å². The molecule has 3 heterocycles. The first-order valence-electron chi connectivity index (χ1n) is 10.9. The molecule has 0 bridgehead atoms. The zero-order chi connectivity index (χ0) is 22.1. The standard InChI is InChI=1S/C26H25ClN4O/c1-17-9-19(5-6-29-17)26-24-12-22-16-31(25(32)13-20(22)11-21(24)15-30-26)8-7-28-14-18-3-2-4-23(27)10-18/h2-6,9-12,28H,7-8,13-16H2,1H3. The number of aliphatic imine (C=N–C) groups is 1. The Kier molecular flexibility index (Phi) is 5.77. The summed E-state index contributed by atoms with van der Waals surface area (Å²) in [6, 6.07) is 16.3. The number of pyridine rings is 1. The van der Waals surface area contributed by atoms with Crippen LogP contribution >= 0.6 is 11.6 Å². The minimum atomic E-state index is 0.186. The number of amides is 1. The van der Waals surface area contributed by atoms with Gasteiger partial charge in [-0.25, -0.2) is 0 Å². The van der Waals surface area contributed by atoms with Crippen molar-refractivity contribution in [3.8, 4) is 0 Å². The van der Waals surface area contributed by atoms with Crippen molar-refractivity contribution >= 4 is 23.2 Å². The van der Waals surface area contributed by atoms with Crippen LogP contribution in [0.3, 0.4) is 0 Å². The molecular formula is C26H25ClN4O. The van der Waals surface area contributed by atoms with Gasteiger partial charge in [0.05, 0.1) is 18.7 Å². The summed E-state index contributed by atoms with van der Waals surface area (Å²) in [5.74, 6) is 0.186. The molecule has 162 valence electrons. The number of carbonyl (C=O) groups is 1. The van der Waals surface area contributed by atoms with Gasteiger partial charge >= 0.3 is 0 Å². The Morgan fingerprint density at radius 1 is 1.09 bits per heavy atom. The number of carbonyl (C=O) groups excluding carboxylic acids is 1. The van der Waals surface area contributed by atoms with Crippen LogP contribution in [0.15, 0.2) is 59.7 Å². The molecule has 0 saturated carbocycles. The molecule has 0 fully saturated rings. The molecule has 2 aliphatic rings. The lowest BCUT2D eigenvalue weighted by atomic mass is 9.91. The van der Waals surface area contributed by atoms with Gasteiger partial charge in [-0.2, -0.15) is 0 Å². The fourth-order valence-corrected chi connectivity index (χ4v) is 4.67. The summed E-state index contributed by atoms with van der Waals surface area (Å²) in [5.41, 5.74) is 9.00. The minimum absolute atomic E-state index is 0.186. The van der Waals surface area contributed by atoms with Crippen LogP contribution in [0, 0.1) is 6.92 Å². The van der Waals surface area contributed by atoms with Crippen LogP contribution in [0.4, 0.5) is 0 Å². The summed E-state index contributed by atoms with van der Waals surface area (Å²) in [7, 11) is 0. The summed E-state index contributed by atoms with van der Waals surface area (Å²) in [5, 5.41) is 4.16. The summed E-state index contributed by atoms with van der Waals surface area (Å²) in [6.07, 6.45) is 2.29. The molecular weight excluding hydrogens is 420 g/mol. The number of hydrogen-bond donors (Lipinski definition) is 1. The first kappa shape index (κ1) is 20.9. The number of aryl methyl sites for hydroxylation is 1. The van der Waals surface area contributed by atoms with E-state index in [0.717, 1.165) is 46.2 Å². The molecule has 0 radical (unpaired) electrons. The van der Waals surface area contributed by atoms with Crippen molar-refractivity contribution < 1.29 is 4.79 Å². The topological polar surface area (TPSA) is 57.6 Å².